The standard InChI is InChI=1S/C27H40O5/c1-25-14-20(18-4-2-17(15-28)3-5-18)24-19(21(25)6-7-23(25)29)8-10-26(30)16-27(11-9-22(24)26)31-12-13-32-27/h17-21,28,30H,2-16H2,1H3/t17?,18?,19?,20-,21?,25+,26-/m1/s1. The highest BCUT2D eigenvalue weighted by atomic mass is 16.7. The number of aliphatic hydroxyl groups is 2. The minimum absolute atomic E-state index is 0.184. The molecule has 1 spiro atoms. The number of rotatable bonds is 2. The number of carbonyl (C=O) groups is 1. The Balaban J connectivity index is 1.39. The van der Waals surface area contributed by atoms with Crippen LogP contribution in [-0.4, -0.2) is 47.2 Å². The van der Waals surface area contributed by atoms with Gasteiger partial charge < -0.3 is 19.7 Å². The number of fused-ring (bicyclic) bond motifs is 4. The maximum absolute atomic E-state index is 13.1. The Kier molecular flexibility index (Phi) is 5.19. The molecule has 0 bridgehead atoms. The fourth-order valence-corrected chi connectivity index (χ4v) is 9.04. The highest BCUT2D eigenvalue weighted by molar-refractivity contribution is 5.87. The molecule has 2 N–H and O–H groups in total. The predicted octanol–water partition coefficient (Wildman–Crippen LogP) is 4.16. The monoisotopic (exact) mass is 444 g/mol. The van der Waals surface area contributed by atoms with Crippen LogP contribution in [0.4, 0.5) is 0 Å². The van der Waals surface area contributed by atoms with Crippen molar-refractivity contribution in [2.24, 2.45) is 35.0 Å². The van der Waals surface area contributed by atoms with Crippen LogP contribution in [0.1, 0.15) is 84.0 Å². The van der Waals surface area contributed by atoms with E-state index in [9.17, 15) is 15.0 Å². The lowest BCUT2D eigenvalue weighted by atomic mass is 9.50. The smallest absolute Gasteiger partial charge is 0.171 e. The van der Waals surface area contributed by atoms with Gasteiger partial charge in [-0.05, 0) is 93.0 Å². The van der Waals surface area contributed by atoms with Crippen molar-refractivity contribution in [2.45, 2.75) is 95.4 Å². The summed E-state index contributed by atoms with van der Waals surface area (Å²) >= 11 is 0. The van der Waals surface area contributed by atoms with Crippen molar-refractivity contribution in [1.29, 1.82) is 0 Å². The first-order chi connectivity index (χ1) is 15.4. The molecule has 32 heavy (non-hydrogen) atoms. The van der Waals surface area contributed by atoms with Crippen molar-refractivity contribution in [1.82, 2.24) is 0 Å². The number of aliphatic hydroxyl groups excluding tert-OH is 1. The molecule has 0 aromatic rings. The quantitative estimate of drug-likeness (QED) is 0.626. The molecule has 0 amide bonds. The third kappa shape index (κ3) is 3.14. The summed E-state index contributed by atoms with van der Waals surface area (Å²) in [6, 6.07) is 0. The Labute approximate surface area is 191 Å². The lowest BCUT2D eigenvalue weighted by Crippen LogP contribution is -2.54. The average Bonchev–Trinajstić information content (AvgIpc) is 3.36. The minimum Gasteiger partial charge on any atom is -0.396 e. The number of carbonyl (C=O) groups excluding carboxylic acids is 1. The highest BCUT2D eigenvalue weighted by Gasteiger charge is 2.61. The maximum atomic E-state index is 13.1. The number of hydrogen-bond donors (Lipinski definition) is 2. The zero-order chi connectivity index (χ0) is 22.1. The van der Waals surface area contributed by atoms with Gasteiger partial charge in [0, 0.05) is 31.3 Å². The van der Waals surface area contributed by atoms with E-state index in [0.29, 0.717) is 61.6 Å². The molecule has 1 heterocycles. The molecule has 4 saturated carbocycles. The third-order valence-electron chi connectivity index (χ3n) is 10.7. The zero-order valence-electron chi connectivity index (χ0n) is 19.6. The molecule has 2 unspecified atom stereocenters. The Hall–Kier alpha value is -0.750. The molecule has 5 nitrogen and oxygen atoms in total. The van der Waals surface area contributed by atoms with Gasteiger partial charge in [-0.15, -0.1) is 0 Å². The summed E-state index contributed by atoms with van der Waals surface area (Å²) in [6.45, 7) is 3.82. The molecule has 1 saturated heterocycles. The summed E-state index contributed by atoms with van der Waals surface area (Å²) in [5.41, 5.74) is 1.85. The minimum atomic E-state index is -0.814. The molecule has 5 fully saturated rings. The molecule has 5 heteroatoms. The van der Waals surface area contributed by atoms with Crippen LogP contribution in [0.2, 0.25) is 0 Å². The zero-order valence-corrected chi connectivity index (χ0v) is 19.6. The Morgan fingerprint density at radius 3 is 2.44 bits per heavy atom. The van der Waals surface area contributed by atoms with Gasteiger partial charge >= 0.3 is 0 Å². The van der Waals surface area contributed by atoms with Crippen LogP contribution in [0.3, 0.4) is 0 Å². The second-order valence-electron chi connectivity index (χ2n) is 12.2. The third-order valence-corrected chi connectivity index (χ3v) is 10.7. The van der Waals surface area contributed by atoms with Crippen LogP contribution in [0, 0.1) is 35.0 Å². The molecule has 178 valence electrons. The van der Waals surface area contributed by atoms with E-state index in [2.05, 4.69) is 6.92 Å². The van der Waals surface area contributed by atoms with E-state index in [1.165, 1.54) is 5.57 Å². The van der Waals surface area contributed by atoms with E-state index in [-0.39, 0.29) is 5.41 Å². The van der Waals surface area contributed by atoms with Crippen LogP contribution in [0.25, 0.3) is 0 Å². The second kappa shape index (κ2) is 7.63. The molecule has 5 atom stereocenters. The van der Waals surface area contributed by atoms with Gasteiger partial charge in [-0.25, -0.2) is 0 Å². The van der Waals surface area contributed by atoms with E-state index in [1.54, 1.807) is 5.57 Å². The summed E-state index contributed by atoms with van der Waals surface area (Å²) in [7, 11) is 0. The fourth-order valence-electron chi connectivity index (χ4n) is 9.04. The first-order valence-corrected chi connectivity index (χ1v) is 13.3. The van der Waals surface area contributed by atoms with Gasteiger partial charge in [0.1, 0.15) is 5.78 Å². The van der Waals surface area contributed by atoms with Gasteiger partial charge in [0.15, 0.2) is 5.79 Å². The fraction of sp³-hybridized carbons (Fsp3) is 0.889. The number of hydrogen-bond acceptors (Lipinski definition) is 5. The van der Waals surface area contributed by atoms with E-state index in [4.69, 9.17) is 9.47 Å². The van der Waals surface area contributed by atoms with E-state index >= 15 is 0 Å². The summed E-state index contributed by atoms with van der Waals surface area (Å²) in [5.74, 6) is 2.21. The highest BCUT2D eigenvalue weighted by Crippen LogP contribution is 2.64. The van der Waals surface area contributed by atoms with E-state index < -0.39 is 11.4 Å². The number of allylic oxidation sites excluding steroid dienone is 1. The summed E-state index contributed by atoms with van der Waals surface area (Å²) in [4.78, 5) is 13.1. The van der Waals surface area contributed by atoms with Crippen molar-refractivity contribution < 1.29 is 24.5 Å². The van der Waals surface area contributed by atoms with Crippen LogP contribution < -0.4 is 0 Å². The van der Waals surface area contributed by atoms with Gasteiger partial charge in [0.25, 0.3) is 0 Å². The largest absolute Gasteiger partial charge is 0.396 e. The van der Waals surface area contributed by atoms with Crippen molar-refractivity contribution >= 4 is 5.78 Å². The van der Waals surface area contributed by atoms with Gasteiger partial charge in [-0.2, -0.15) is 0 Å². The molecular formula is C27H40O5. The molecule has 0 aromatic heterocycles. The SMILES string of the molecule is C[C@]12C[C@H](C3CCC(CO)CC3)C3=C4CCC5(C[C@]4(O)CCC3C1CCC2=O)OCCO5. The Morgan fingerprint density at radius 1 is 0.969 bits per heavy atom. The normalized spacial score (nSPS) is 48.0. The first-order valence-electron chi connectivity index (χ1n) is 13.3. The lowest BCUT2D eigenvalue weighted by molar-refractivity contribution is -0.208. The second-order valence-corrected chi connectivity index (χ2v) is 12.2. The van der Waals surface area contributed by atoms with Crippen molar-refractivity contribution in [3.8, 4) is 0 Å². The summed E-state index contributed by atoms with van der Waals surface area (Å²) in [5, 5.41) is 21.6. The first kappa shape index (κ1) is 21.8. The lowest BCUT2D eigenvalue weighted by Gasteiger charge is -2.56. The van der Waals surface area contributed by atoms with Crippen LogP contribution in [0.15, 0.2) is 11.1 Å². The molecule has 5 aliphatic carbocycles. The Morgan fingerprint density at radius 2 is 1.72 bits per heavy atom. The van der Waals surface area contributed by atoms with Crippen LogP contribution >= 0.6 is 0 Å². The number of ketones is 1. The number of ether oxygens (including phenoxy) is 2. The summed E-state index contributed by atoms with van der Waals surface area (Å²) < 4.78 is 12.1. The molecule has 0 radical (unpaired) electrons. The van der Waals surface area contributed by atoms with E-state index in [0.717, 1.165) is 70.6 Å². The van der Waals surface area contributed by atoms with Crippen LogP contribution in [0.5, 0.6) is 0 Å². The average molecular weight is 445 g/mol. The topological polar surface area (TPSA) is 76.0 Å². The van der Waals surface area contributed by atoms with Gasteiger partial charge in [-0.3, -0.25) is 4.79 Å². The van der Waals surface area contributed by atoms with Crippen molar-refractivity contribution in [2.75, 3.05) is 19.8 Å². The molecule has 1 aliphatic heterocycles. The van der Waals surface area contributed by atoms with Gasteiger partial charge in [-0.1, -0.05) is 12.5 Å². The number of Topliss-reactive ketones (excluding diaryl/α,β-unsaturated/α-hetero) is 1. The summed E-state index contributed by atoms with van der Waals surface area (Å²) in [6.07, 6.45) is 11.2. The van der Waals surface area contributed by atoms with Gasteiger partial charge in [0.05, 0.1) is 18.8 Å². The Bertz CT molecular complexity index is 805. The molecular weight excluding hydrogens is 404 g/mol. The van der Waals surface area contributed by atoms with Gasteiger partial charge in [0.2, 0.25) is 0 Å². The van der Waals surface area contributed by atoms with E-state index in [1.807, 2.05) is 0 Å². The molecule has 0 aromatic carbocycles. The molecule has 6 aliphatic rings. The van der Waals surface area contributed by atoms with Crippen molar-refractivity contribution in [3.63, 3.8) is 0 Å². The van der Waals surface area contributed by atoms with Crippen molar-refractivity contribution in [3.05, 3.63) is 11.1 Å². The predicted molar refractivity (Wildman–Crippen MR) is 120 cm³/mol. The maximum Gasteiger partial charge on any atom is 0.171 e. The van der Waals surface area contributed by atoms with Crippen LogP contribution in [-0.2, 0) is 14.3 Å². The molecule has 6 rings (SSSR count).